The van der Waals surface area contributed by atoms with Crippen LogP contribution < -0.4 is 11.1 Å². The van der Waals surface area contributed by atoms with Crippen LogP contribution in [-0.2, 0) is 0 Å². The minimum absolute atomic E-state index is 0.256. The summed E-state index contributed by atoms with van der Waals surface area (Å²) in [5, 5.41) is 12.8. The van der Waals surface area contributed by atoms with E-state index in [0.29, 0.717) is 11.4 Å². The van der Waals surface area contributed by atoms with Gasteiger partial charge in [0.15, 0.2) is 5.82 Å². The van der Waals surface area contributed by atoms with Gasteiger partial charge in [-0.3, -0.25) is 0 Å². The normalized spacial score (nSPS) is 12.5. The number of nitrogen functional groups attached to an aromatic ring is 1. The van der Waals surface area contributed by atoms with Gasteiger partial charge in [-0.25, -0.2) is 0 Å². The quantitative estimate of drug-likeness (QED) is 0.798. The van der Waals surface area contributed by atoms with Gasteiger partial charge >= 0.3 is 0 Å². The Morgan fingerprint density at radius 2 is 2.33 bits per heavy atom. The Kier molecular flexibility index (Phi) is 3.88. The van der Waals surface area contributed by atoms with Crippen molar-refractivity contribution in [3.63, 3.8) is 0 Å². The smallest absolute Gasteiger partial charge is 0.157 e. The molecular formula is C9H15N5S. The van der Waals surface area contributed by atoms with Crippen LogP contribution in [0.5, 0.6) is 0 Å². The second kappa shape index (κ2) is 4.96. The lowest BCUT2D eigenvalue weighted by Gasteiger charge is -2.18. The fourth-order valence-electron chi connectivity index (χ4n) is 1.33. The molecule has 0 aliphatic rings. The van der Waals surface area contributed by atoms with E-state index < -0.39 is 0 Å². The highest BCUT2D eigenvalue weighted by molar-refractivity contribution is 7.10. The van der Waals surface area contributed by atoms with Gasteiger partial charge < -0.3 is 16.0 Å². The Hall–Kier alpha value is -1.32. The lowest BCUT2D eigenvalue weighted by molar-refractivity contribution is 0.392. The molecular weight excluding hydrogens is 210 g/mol. The summed E-state index contributed by atoms with van der Waals surface area (Å²) in [7, 11) is 4.01. The highest BCUT2D eigenvalue weighted by Gasteiger charge is 2.13. The van der Waals surface area contributed by atoms with Crippen LogP contribution in [0.4, 0.5) is 10.8 Å². The third-order valence-electron chi connectivity index (χ3n) is 1.85. The second-order valence-corrected chi connectivity index (χ2v) is 4.46. The fraction of sp³-hybridized carbons (Fsp3) is 0.556. The predicted molar refractivity (Wildman–Crippen MR) is 62.9 cm³/mol. The number of nitrogens with one attached hydrogen (secondary N) is 1. The monoisotopic (exact) mass is 225 g/mol. The van der Waals surface area contributed by atoms with E-state index in [2.05, 4.69) is 21.5 Å². The molecule has 0 aliphatic carbocycles. The van der Waals surface area contributed by atoms with Crippen LogP contribution in [0.15, 0.2) is 0 Å². The van der Waals surface area contributed by atoms with Crippen molar-refractivity contribution >= 4 is 22.4 Å². The van der Waals surface area contributed by atoms with E-state index >= 15 is 0 Å². The summed E-state index contributed by atoms with van der Waals surface area (Å²) in [6.07, 6.45) is 0. The number of nitrogens with zero attached hydrogens (tertiary/aromatic N) is 3. The molecule has 1 heterocycles. The Balaban J connectivity index is 2.69. The van der Waals surface area contributed by atoms with Gasteiger partial charge in [0.2, 0.25) is 0 Å². The molecule has 0 saturated carbocycles. The molecule has 0 saturated heterocycles. The van der Waals surface area contributed by atoms with Crippen LogP contribution in [0.25, 0.3) is 0 Å². The van der Waals surface area contributed by atoms with Gasteiger partial charge in [-0.15, -0.1) is 0 Å². The SMILES string of the molecule is CC(CN(C)C)Nc1snc(N)c1C#N. The maximum absolute atomic E-state index is 8.87. The van der Waals surface area contributed by atoms with Crippen molar-refractivity contribution in [3.05, 3.63) is 5.56 Å². The van der Waals surface area contributed by atoms with E-state index in [1.165, 1.54) is 11.5 Å². The molecule has 3 N–H and O–H groups in total. The number of hydrogen-bond acceptors (Lipinski definition) is 6. The molecule has 1 atom stereocenters. The molecule has 0 spiro atoms. The summed E-state index contributed by atoms with van der Waals surface area (Å²) in [6.45, 7) is 2.94. The maximum atomic E-state index is 8.87. The molecule has 0 amide bonds. The summed E-state index contributed by atoms with van der Waals surface area (Å²) in [5.74, 6) is 0.307. The van der Waals surface area contributed by atoms with Gasteiger partial charge in [-0.2, -0.15) is 9.64 Å². The molecule has 1 aromatic heterocycles. The molecule has 0 bridgehead atoms. The first kappa shape index (κ1) is 11.8. The zero-order valence-electron chi connectivity index (χ0n) is 9.11. The molecule has 1 aromatic rings. The maximum Gasteiger partial charge on any atom is 0.157 e. The predicted octanol–water partition coefficient (Wildman–Crippen LogP) is 0.959. The molecule has 0 fully saturated rings. The minimum Gasteiger partial charge on any atom is -0.382 e. The molecule has 15 heavy (non-hydrogen) atoms. The van der Waals surface area contributed by atoms with Gasteiger partial charge in [-0.1, -0.05) is 0 Å². The Morgan fingerprint density at radius 1 is 1.67 bits per heavy atom. The van der Waals surface area contributed by atoms with Crippen LogP contribution in [0.1, 0.15) is 12.5 Å². The first-order valence-corrected chi connectivity index (χ1v) is 5.38. The molecule has 0 radical (unpaired) electrons. The second-order valence-electron chi connectivity index (χ2n) is 3.69. The van der Waals surface area contributed by atoms with Crippen LogP contribution in [0, 0.1) is 11.3 Å². The number of likely N-dealkylation sites (N-methyl/N-ethyl adjacent to an activating group) is 1. The first-order valence-electron chi connectivity index (χ1n) is 4.61. The average molecular weight is 225 g/mol. The number of aromatic nitrogens is 1. The van der Waals surface area contributed by atoms with Crippen LogP contribution in [0.3, 0.4) is 0 Å². The van der Waals surface area contributed by atoms with Crippen molar-refractivity contribution in [1.29, 1.82) is 5.26 Å². The standard InChI is InChI=1S/C9H15N5S/c1-6(5-14(2)3)12-9-7(4-10)8(11)13-15-9/h6,12H,5H2,1-3H3,(H2,11,13). The van der Waals surface area contributed by atoms with Gasteiger partial charge in [0, 0.05) is 12.6 Å². The molecule has 1 rings (SSSR count). The van der Waals surface area contributed by atoms with E-state index in [1.807, 2.05) is 20.2 Å². The zero-order valence-corrected chi connectivity index (χ0v) is 9.93. The Labute approximate surface area is 93.7 Å². The summed E-state index contributed by atoms with van der Waals surface area (Å²) in [4.78, 5) is 2.08. The first-order chi connectivity index (χ1) is 7.04. The van der Waals surface area contributed by atoms with E-state index in [0.717, 1.165) is 11.5 Å². The Bertz CT molecular complexity index is 365. The highest BCUT2D eigenvalue weighted by Crippen LogP contribution is 2.26. The van der Waals surface area contributed by atoms with Crippen molar-refractivity contribution < 1.29 is 0 Å². The molecule has 0 aromatic carbocycles. The van der Waals surface area contributed by atoms with Crippen molar-refractivity contribution in [2.24, 2.45) is 0 Å². The molecule has 5 nitrogen and oxygen atoms in total. The van der Waals surface area contributed by atoms with Gasteiger partial charge in [-0.05, 0) is 32.6 Å². The number of nitrogens with two attached hydrogens (primary N) is 1. The molecule has 6 heteroatoms. The number of hydrogen-bond donors (Lipinski definition) is 2. The third kappa shape index (κ3) is 3.08. The largest absolute Gasteiger partial charge is 0.382 e. The van der Waals surface area contributed by atoms with Crippen molar-refractivity contribution in [2.75, 3.05) is 31.7 Å². The summed E-state index contributed by atoms with van der Waals surface area (Å²) < 4.78 is 3.94. The Morgan fingerprint density at radius 3 is 2.87 bits per heavy atom. The van der Waals surface area contributed by atoms with Crippen molar-refractivity contribution in [3.8, 4) is 6.07 Å². The third-order valence-corrected chi connectivity index (χ3v) is 2.64. The summed E-state index contributed by atoms with van der Waals surface area (Å²) in [6, 6.07) is 2.31. The lowest BCUT2D eigenvalue weighted by atomic mass is 10.3. The number of anilines is 2. The number of rotatable bonds is 4. The van der Waals surface area contributed by atoms with Crippen LogP contribution >= 0.6 is 11.5 Å². The van der Waals surface area contributed by atoms with E-state index in [4.69, 9.17) is 11.0 Å². The highest BCUT2D eigenvalue weighted by atomic mass is 32.1. The average Bonchev–Trinajstić information content (AvgIpc) is 2.45. The van der Waals surface area contributed by atoms with Crippen LogP contribution in [-0.4, -0.2) is 36.0 Å². The number of nitriles is 1. The summed E-state index contributed by atoms with van der Waals surface area (Å²) in [5.41, 5.74) is 6.00. The lowest BCUT2D eigenvalue weighted by Crippen LogP contribution is -2.29. The molecule has 1 unspecified atom stereocenters. The summed E-state index contributed by atoms with van der Waals surface area (Å²) >= 11 is 1.23. The zero-order chi connectivity index (χ0) is 11.4. The topological polar surface area (TPSA) is 78.0 Å². The van der Waals surface area contributed by atoms with E-state index in [-0.39, 0.29) is 6.04 Å². The van der Waals surface area contributed by atoms with Crippen molar-refractivity contribution in [2.45, 2.75) is 13.0 Å². The van der Waals surface area contributed by atoms with Gasteiger partial charge in [0.05, 0.1) is 0 Å². The van der Waals surface area contributed by atoms with E-state index in [9.17, 15) is 0 Å². The molecule has 0 aliphatic heterocycles. The molecule has 82 valence electrons. The van der Waals surface area contributed by atoms with Crippen LogP contribution in [0.2, 0.25) is 0 Å². The fourth-order valence-corrected chi connectivity index (χ4v) is 2.10. The van der Waals surface area contributed by atoms with Gasteiger partial charge in [0.1, 0.15) is 16.6 Å². The van der Waals surface area contributed by atoms with Gasteiger partial charge in [0.25, 0.3) is 0 Å². The minimum atomic E-state index is 0.256. The van der Waals surface area contributed by atoms with Crippen molar-refractivity contribution in [1.82, 2.24) is 9.27 Å². The van der Waals surface area contributed by atoms with E-state index in [1.54, 1.807) is 0 Å².